The molecule has 0 aliphatic heterocycles. The maximum absolute atomic E-state index is 5.02. The first-order valence-corrected chi connectivity index (χ1v) is 13.1. The number of hydrogen-bond donors (Lipinski definition) is 0. The fraction of sp³-hybridized carbons (Fsp3) is 0. The van der Waals surface area contributed by atoms with E-state index in [1.807, 2.05) is 0 Å². The molecule has 0 aromatic carbocycles. The van der Waals surface area contributed by atoms with Gasteiger partial charge in [-0.3, -0.25) is 0 Å². The maximum atomic E-state index is 5.02. The van der Waals surface area contributed by atoms with Crippen LogP contribution in [0.1, 0.15) is 0 Å². The summed E-state index contributed by atoms with van der Waals surface area (Å²) in [6.45, 7) is 0. The first kappa shape index (κ1) is 10.7. The van der Waals surface area contributed by atoms with Gasteiger partial charge in [0.25, 0.3) is 0 Å². The van der Waals surface area contributed by atoms with Gasteiger partial charge < -0.3 is 5.48 Å². The van der Waals surface area contributed by atoms with Crippen LogP contribution in [0, 0.1) is 0 Å². The Labute approximate surface area is 54.8 Å². The second kappa shape index (κ2) is 3.72. The first-order chi connectivity index (χ1) is 2.00. The van der Waals surface area contributed by atoms with Crippen LogP contribution in [0.2, 0.25) is 0 Å². The van der Waals surface area contributed by atoms with Gasteiger partial charge in [-0.15, -0.1) is 0 Å². The molecule has 0 amide bonds. The standard InChI is InChI=1S/4ClH.H2O.Os/h4*1H;1H2;/q;;;;;+4/p-4. The number of rotatable bonds is 0. The summed E-state index contributed by atoms with van der Waals surface area (Å²) in [6.07, 6.45) is 0. The van der Waals surface area contributed by atoms with E-state index in [-0.39, 0.29) is 5.48 Å². The van der Waals surface area contributed by atoms with E-state index < -0.39 is 11.0 Å². The van der Waals surface area contributed by atoms with Crippen LogP contribution < -0.4 is 0 Å². The monoisotopic (exact) mass is 350 g/mol. The van der Waals surface area contributed by atoms with Gasteiger partial charge in [-0.25, -0.2) is 0 Å². The van der Waals surface area contributed by atoms with Gasteiger partial charge in [-0.2, -0.15) is 0 Å². The average molecular weight is 350 g/mol. The van der Waals surface area contributed by atoms with Crippen LogP contribution in [0.5, 0.6) is 0 Å². The first-order valence-electron chi connectivity index (χ1n) is 0.535. The fourth-order valence-electron chi connectivity index (χ4n) is 0. The van der Waals surface area contributed by atoms with Crippen molar-refractivity contribution in [1.82, 2.24) is 0 Å². The molecular formula is H2Cl4OOs. The summed E-state index contributed by atoms with van der Waals surface area (Å²) >= 11 is -3.17. The van der Waals surface area contributed by atoms with Crippen LogP contribution >= 0.6 is 38.6 Å². The minimum atomic E-state index is -3.17. The third kappa shape index (κ3) is 42.2. The molecule has 0 atom stereocenters. The zero-order valence-electron chi connectivity index (χ0n) is 2.37. The molecule has 0 aromatic rings. The zero-order chi connectivity index (χ0) is 4.50. The molecule has 0 rings (SSSR count). The van der Waals surface area contributed by atoms with Crippen LogP contribution in [0.15, 0.2) is 0 Å². The molecule has 6 heteroatoms. The van der Waals surface area contributed by atoms with E-state index >= 15 is 0 Å². The van der Waals surface area contributed by atoms with Crippen LogP contribution in [-0.4, -0.2) is 5.48 Å². The molecular weight excluding hydrogens is 348 g/mol. The summed E-state index contributed by atoms with van der Waals surface area (Å²) in [4.78, 5) is 0. The molecule has 0 aliphatic carbocycles. The van der Waals surface area contributed by atoms with E-state index in [4.69, 9.17) is 38.6 Å². The van der Waals surface area contributed by atoms with Gasteiger partial charge in [-0.1, -0.05) is 0 Å². The molecule has 0 saturated carbocycles. The van der Waals surface area contributed by atoms with Crippen LogP contribution in [-0.2, 0) is 11.0 Å². The Kier molecular flexibility index (Phi) is 6.63. The predicted molar refractivity (Wildman–Crippen MR) is 27.0 cm³/mol. The van der Waals surface area contributed by atoms with Gasteiger partial charge in [-0.05, 0) is 0 Å². The summed E-state index contributed by atoms with van der Waals surface area (Å²) in [5, 5.41) is 0. The number of halogens is 4. The predicted octanol–water partition coefficient (Wildman–Crippen LogP) is 1.93. The molecule has 0 heterocycles. The van der Waals surface area contributed by atoms with Gasteiger partial charge in [0, 0.05) is 0 Å². The van der Waals surface area contributed by atoms with E-state index in [1.54, 1.807) is 0 Å². The van der Waals surface area contributed by atoms with E-state index in [0.29, 0.717) is 0 Å². The number of hydrogen-bond acceptors (Lipinski definition) is 0. The van der Waals surface area contributed by atoms with Crippen LogP contribution in [0.3, 0.4) is 0 Å². The van der Waals surface area contributed by atoms with Crippen molar-refractivity contribution in [2.75, 3.05) is 0 Å². The molecule has 1 nitrogen and oxygen atoms in total. The van der Waals surface area contributed by atoms with Gasteiger partial charge >= 0.3 is 49.6 Å². The summed E-state index contributed by atoms with van der Waals surface area (Å²) in [6, 6.07) is 0. The van der Waals surface area contributed by atoms with Crippen molar-refractivity contribution in [2.24, 2.45) is 0 Å². The molecule has 0 aromatic heterocycles. The SMILES string of the molecule is O.[Cl][Os]([Cl])([Cl])[Cl]. The van der Waals surface area contributed by atoms with E-state index in [1.165, 1.54) is 0 Å². The van der Waals surface area contributed by atoms with Crippen molar-refractivity contribution >= 4 is 38.6 Å². The van der Waals surface area contributed by atoms with Gasteiger partial charge in [0.1, 0.15) is 0 Å². The third-order valence-electron chi connectivity index (χ3n) is 0. The molecule has 0 fully saturated rings. The molecule has 0 bridgehead atoms. The minimum absolute atomic E-state index is 0. The quantitative estimate of drug-likeness (QED) is 0.640. The Bertz CT molecular complexity index is 23.0. The summed E-state index contributed by atoms with van der Waals surface area (Å²) in [5.41, 5.74) is 0. The van der Waals surface area contributed by atoms with Crippen molar-refractivity contribution in [2.45, 2.75) is 0 Å². The summed E-state index contributed by atoms with van der Waals surface area (Å²) in [5.74, 6) is 0. The zero-order valence-corrected chi connectivity index (χ0v) is 7.93. The van der Waals surface area contributed by atoms with Crippen LogP contribution in [0.25, 0.3) is 0 Å². The molecule has 0 aliphatic rings. The Morgan fingerprint density at radius 1 is 0.833 bits per heavy atom. The van der Waals surface area contributed by atoms with Crippen LogP contribution in [0.4, 0.5) is 0 Å². The average Bonchev–Trinajstić information content (AvgIpc) is 0.722. The van der Waals surface area contributed by atoms with Gasteiger partial charge in [0.2, 0.25) is 0 Å². The Hall–Kier alpha value is 1.76. The normalized spacial score (nSPS) is 12.7. The van der Waals surface area contributed by atoms with E-state index in [9.17, 15) is 0 Å². The second-order valence-electron chi connectivity index (χ2n) is 0.303. The van der Waals surface area contributed by atoms with Gasteiger partial charge in [0.15, 0.2) is 0 Å². The van der Waals surface area contributed by atoms with Crippen molar-refractivity contribution in [1.29, 1.82) is 0 Å². The Morgan fingerprint density at radius 3 is 0.833 bits per heavy atom. The van der Waals surface area contributed by atoms with E-state index in [0.717, 1.165) is 0 Å². The summed E-state index contributed by atoms with van der Waals surface area (Å²) < 4.78 is 0. The van der Waals surface area contributed by atoms with Crippen molar-refractivity contribution in [3.63, 3.8) is 0 Å². The molecule has 0 unspecified atom stereocenters. The molecule has 44 valence electrons. The Morgan fingerprint density at radius 2 is 0.833 bits per heavy atom. The van der Waals surface area contributed by atoms with Crippen molar-refractivity contribution in [3.05, 3.63) is 0 Å². The molecule has 0 radical (unpaired) electrons. The topological polar surface area (TPSA) is 31.5 Å². The van der Waals surface area contributed by atoms with E-state index in [2.05, 4.69) is 0 Å². The third-order valence-corrected chi connectivity index (χ3v) is 0. The Balaban J connectivity index is 0. The molecule has 6 heavy (non-hydrogen) atoms. The van der Waals surface area contributed by atoms with Crippen molar-refractivity contribution in [3.8, 4) is 0 Å². The molecule has 2 N–H and O–H groups in total. The van der Waals surface area contributed by atoms with Crippen molar-refractivity contribution < 1.29 is 16.5 Å². The summed E-state index contributed by atoms with van der Waals surface area (Å²) in [7, 11) is 20.1. The van der Waals surface area contributed by atoms with Gasteiger partial charge in [0.05, 0.1) is 0 Å². The molecule has 0 saturated heterocycles. The molecule has 0 spiro atoms. The fourth-order valence-corrected chi connectivity index (χ4v) is 0. The second-order valence-corrected chi connectivity index (χ2v) is 22.3.